The van der Waals surface area contributed by atoms with Crippen molar-refractivity contribution >= 4 is 33.1 Å². The van der Waals surface area contributed by atoms with Gasteiger partial charge in [0.2, 0.25) is 0 Å². The Balaban J connectivity index is 2.73. The molecule has 0 atom stereocenters. The second kappa shape index (κ2) is 3.94. The zero-order chi connectivity index (χ0) is 11.9. The lowest BCUT2D eigenvalue weighted by atomic mass is 10.2. The lowest BCUT2D eigenvalue weighted by Crippen LogP contribution is -2.14. The van der Waals surface area contributed by atoms with Crippen LogP contribution in [0, 0.1) is 6.92 Å². The Morgan fingerprint density at radius 1 is 1.06 bits per heavy atom. The Morgan fingerprint density at radius 3 is 2.31 bits per heavy atom. The molecular weight excluding hydrogens is 218 g/mol. The van der Waals surface area contributed by atoms with Gasteiger partial charge in [0.05, 0.1) is 5.69 Å². The molecule has 0 saturated heterocycles. The minimum absolute atomic E-state index is 1.01. The van der Waals surface area contributed by atoms with Gasteiger partial charge in [0.25, 0.3) is 0 Å². The molecule has 2 aromatic heterocycles. The molecule has 2 heterocycles. The largest absolute Gasteiger partial charge is 0.377 e. The third-order valence-corrected chi connectivity index (χ3v) is 3.48. The summed E-state index contributed by atoms with van der Waals surface area (Å²) in [5, 5.41) is 1.25. The molecule has 0 amide bonds. The maximum atomic E-state index is 4.66. The maximum absolute atomic E-state index is 4.66. The SMILES string of the molecule is Cc1cc2c(N(C)C)cc(N(C)C)nc2s1. The minimum atomic E-state index is 1.01. The lowest BCUT2D eigenvalue weighted by molar-refractivity contribution is 1.07. The molecule has 0 saturated carbocycles. The van der Waals surface area contributed by atoms with Crippen molar-refractivity contribution in [1.82, 2.24) is 4.98 Å². The molecule has 0 bridgehead atoms. The molecule has 16 heavy (non-hydrogen) atoms. The fourth-order valence-electron chi connectivity index (χ4n) is 1.70. The summed E-state index contributed by atoms with van der Waals surface area (Å²) >= 11 is 1.75. The average Bonchev–Trinajstić information content (AvgIpc) is 2.55. The predicted octanol–water partition coefficient (Wildman–Crippen LogP) is 2.74. The van der Waals surface area contributed by atoms with E-state index in [0.29, 0.717) is 0 Å². The molecule has 0 spiro atoms. The van der Waals surface area contributed by atoms with Crippen LogP contribution in [0.25, 0.3) is 10.2 Å². The van der Waals surface area contributed by atoms with E-state index in [9.17, 15) is 0 Å². The van der Waals surface area contributed by atoms with Crippen molar-refractivity contribution < 1.29 is 0 Å². The number of hydrogen-bond donors (Lipinski definition) is 0. The third-order valence-electron chi connectivity index (χ3n) is 2.53. The monoisotopic (exact) mass is 235 g/mol. The van der Waals surface area contributed by atoms with Crippen LogP contribution < -0.4 is 9.80 Å². The smallest absolute Gasteiger partial charge is 0.131 e. The molecule has 0 N–H and O–H groups in total. The van der Waals surface area contributed by atoms with Crippen molar-refractivity contribution in [3.05, 3.63) is 17.0 Å². The van der Waals surface area contributed by atoms with E-state index in [4.69, 9.17) is 0 Å². The number of thiophene rings is 1. The molecule has 0 aromatic carbocycles. The first kappa shape index (κ1) is 11.2. The zero-order valence-electron chi connectivity index (χ0n) is 10.4. The van der Waals surface area contributed by atoms with Gasteiger partial charge in [0.1, 0.15) is 10.6 Å². The molecule has 2 rings (SSSR count). The van der Waals surface area contributed by atoms with Crippen molar-refractivity contribution in [2.75, 3.05) is 38.0 Å². The number of fused-ring (bicyclic) bond motifs is 1. The first-order chi connectivity index (χ1) is 7.49. The number of nitrogens with zero attached hydrogens (tertiary/aromatic N) is 3. The van der Waals surface area contributed by atoms with Gasteiger partial charge in [-0.1, -0.05) is 0 Å². The first-order valence-electron chi connectivity index (χ1n) is 5.25. The maximum Gasteiger partial charge on any atom is 0.131 e. The summed E-state index contributed by atoms with van der Waals surface area (Å²) in [6, 6.07) is 4.34. The Morgan fingerprint density at radius 2 is 1.75 bits per heavy atom. The van der Waals surface area contributed by atoms with Crippen LogP contribution in [0.15, 0.2) is 12.1 Å². The van der Waals surface area contributed by atoms with Crippen molar-refractivity contribution in [2.24, 2.45) is 0 Å². The number of aromatic nitrogens is 1. The van der Waals surface area contributed by atoms with E-state index in [1.165, 1.54) is 16.0 Å². The molecule has 0 aliphatic rings. The van der Waals surface area contributed by atoms with E-state index >= 15 is 0 Å². The van der Waals surface area contributed by atoms with Crippen molar-refractivity contribution in [3.63, 3.8) is 0 Å². The summed E-state index contributed by atoms with van der Waals surface area (Å²) in [6.07, 6.45) is 0. The van der Waals surface area contributed by atoms with E-state index < -0.39 is 0 Å². The Bertz CT molecular complexity index is 514. The molecule has 0 fully saturated rings. The van der Waals surface area contributed by atoms with Crippen LogP contribution in [0.5, 0.6) is 0 Å². The summed E-state index contributed by atoms with van der Waals surface area (Å²) in [5.41, 5.74) is 1.23. The Hall–Kier alpha value is -1.29. The highest BCUT2D eigenvalue weighted by molar-refractivity contribution is 7.18. The van der Waals surface area contributed by atoms with Crippen molar-refractivity contribution in [1.29, 1.82) is 0 Å². The summed E-state index contributed by atoms with van der Waals surface area (Å²) in [7, 11) is 8.19. The van der Waals surface area contributed by atoms with Gasteiger partial charge in [-0.25, -0.2) is 4.98 Å². The Labute approximate surface area is 100 Å². The molecule has 0 aliphatic heterocycles. The summed E-state index contributed by atoms with van der Waals surface area (Å²) < 4.78 is 0. The zero-order valence-corrected chi connectivity index (χ0v) is 11.2. The van der Waals surface area contributed by atoms with E-state index in [2.05, 4.69) is 43.0 Å². The topological polar surface area (TPSA) is 19.4 Å². The van der Waals surface area contributed by atoms with Gasteiger partial charge in [0, 0.05) is 44.5 Å². The van der Waals surface area contributed by atoms with Crippen molar-refractivity contribution in [2.45, 2.75) is 6.92 Å². The first-order valence-corrected chi connectivity index (χ1v) is 6.06. The number of pyridine rings is 1. The molecule has 0 aliphatic carbocycles. The fraction of sp³-hybridized carbons (Fsp3) is 0.417. The second-order valence-electron chi connectivity index (χ2n) is 4.36. The quantitative estimate of drug-likeness (QED) is 0.798. The summed E-state index contributed by atoms with van der Waals surface area (Å²) in [4.78, 5) is 11.3. The fourth-order valence-corrected chi connectivity index (χ4v) is 2.60. The molecule has 0 radical (unpaired) electrons. The van der Waals surface area contributed by atoms with Gasteiger partial charge in [-0.2, -0.15) is 0 Å². The number of hydrogen-bond acceptors (Lipinski definition) is 4. The van der Waals surface area contributed by atoms with Crippen LogP contribution in [0.3, 0.4) is 0 Å². The van der Waals surface area contributed by atoms with Gasteiger partial charge in [-0.05, 0) is 13.0 Å². The highest BCUT2D eigenvalue weighted by Gasteiger charge is 2.10. The van der Waals surface area contributed by atoms with Crippen LogP contribution in [0.4, 0.5) is 11.5 Å². The van der Waals surface area contributed by atoms with Gasteiger partial charge in [-0.3, -0.25) is 0 Å². The molecular formula is C12H17N3S. The van der Waals surface area contributed by atoms with E-state index in [-0.39, 0.29) is 0 Å². The van der Waals surface area contributed by atoms with Crippen LogP contribution in [-0.2, 0) is 0 Å². The van der Waals surface area contributed by atoms with Gasteiger partial charge in [-0.15, -0.1) is 11.3 Å². The lowest BCUT2D eigenvalue weighted by Gasteiger charge is -2.18. The molecule has 86 valence electrons. The normalized spacial score (nSPS) is 10.8. The van der Waals surface area contributed by atoms with Crippen LogP contribution in [-0.4, -0.2) is 33.2 Å². The van der Waals surface area contributed by atoms with Crippen LogP contribution >= 0.6 is 11.3 Å². The van der Waals surface area contributed by atoms with Crippen LogP contribution in [0.2, 0.25) is 0 Å². The summed E-state index contributed by atoms with van der Waals surface area (Å²) in [5.74, 6) is 1.01. The predicted molar refractivity (Wildman–Crippen MR) is 73.0 cm³/mol. The Kier molecular flexibility index (Phi) is 2.76. The van der Waals surface area contributed by atoms with E-state index in [1.807, 2.05) is 19.0 Å². The highest BCUT2D eigenvalue weighted by atomic mass is 32.1. The van der Waals surface area contributed by atoms with Crippen molar-refractivity contribution in [3.8, 4) is 0 Å². The molecule has 4 heteroatoms. The van der Waals surface area contributed by atoms with Gasteiger partial charge < -0.3 is 9.80 Å². The van der Waals surface area contributed by atoms with E-state index in [0.717, 1.165) is 10.6 Å². The molecule has 0 unspecified atom stereocenters. The van der Waals surface area contributed by atoms with E-state index in [1.54, 1.807) is 11.3 Å². The average molecular weight is 235 g/mol. The number of aryl methyl sites for hydroxylation is 1. The third kappa shape index (κ3) is 1.85. The van der Waals surface area contributed by atoms with Crippen LogP contribution in [0.1, 0.15) is 4.88 Å². The van der Waals surface area contributed by atoms with Gasteiger partial charge in [0.15, 0.2) is 0 Å². The molecule has 2 aromatic rings. The highest BCUT2D eigenvalue weighted by Crippen LogP contribution is 2.33. The molecule has 3 nitrogen and oxygen atoms in total. The summed E-state index contributed by atoms with van der Waals surface area (Å²) in [6.45, 7) is 2.13. The minimum Gasteiger partial charge on any atom is -0.377 e. The standard InChI is InChI=1S/C12H17N3S/c1-8-6-9-10(14(2)3)7-11(15(4)5)13-12(9)16-8/h6-7H,1-5H3. The second-order valence-corrected chi connectivity index (χ2v) is 5.60. The number of rotatable bonds is 2. The number of anilines is 2. The van der Waals surface area contributed by atoms with Gasteiger partial charge >= 0.3 is 0 Å².